The van der Waals surface area contributed by atoms with Crippen LogP contribution in [0, 0.1) is 0 Å². The summed E-state index contributed by atoms with van der Waals surface area (Å²) >= 11 is 10.3. The molecule has 92 valence electrons. The number of ether oxygens (including phenoxy) is 3. The van der Waals surface area contributed by atoms with Gasteiger partial charge in [-0.2, -0.15) is 0 Å². The van der Waals surface area contributed by atoms with E-state index in [-0.39, 0.29) is 5.88 Å². The molecule has 1 atom stereocenters. The Morgan fingerprint density at radius 3 is 2.12 bits per heavy atom. The number of hydrogen-bond donors (Lipinski definition) is 0. The summed E-state index contributed by atoms with van der Waals surface area (Å²) in [5, 5.41) is 0. The monoisotopic (exact) mass is 272 g/mol. The highest BCUT2D eigenvalue weighted by Gasteiger charge is 2.25. The molecule has 0 aliphatic carbocycles. The Kier molecular flexibility index (Phi) is 7.66. The first kappa shape index (κ1) is 15.0. The van der Waals surface area contributed by atoms with Crippen LogP contribution in [0.3, 0.4) is 0 Å². The lowest BCUT2D eigenvalue weighted by Gasteiger charge is -2.14. The van der Waals surface area contributed by atoms with Crippen molar-refractivity contribution in [3.8, 4) is 0 Å². The molecule has 0 N–H and O–H groups in total. The van der Waals surface area contributed by atoms with Gasteiger partial charge in [0.25, 0.3) is 0 Å². The maximum absolute atomic E-state index is 11.1. The highest BCUT2D eigenvalue weighted by atomic mass is 35.5. The highest BCUT2D eigenvalue weighted by Crippen LogP contribution is 1.99. The van der Waals surface area contributed by atoms with Gasteiger partial charge in [-0.3, -0.25) is 9.59 Å². The second-order valence-electron chi connectivity index (χ2n) is 2.45. The molecule has 0 amide bonds. The van der Waals surface area contributed by atoms with E-state index in [4.69, 9.17) is 23.2 Å². The van der Waals surface area contributed by atoms with Crippen molar-refractivity contribution in [2.45, 2.75) is 6.10 Å². The first-order chi connectivity index (χ1) is 7.54. The normalized spacial score (nSPS) is 11.4. The zero-order valence-corrected chi connectivity index (χ0v) is 9.92. The van der Waals surface area contributed by atoms with Crippen molar-refractivity contribution in [1.82, 2.24) is 0 Å². The number of esters is 3. The maximum atomic E-state index is 11.1. The first-order valence-electron chi connectivity index (χ1n) is 4.10. The van der Waals surface area contributed by atoms with Crippen molar-refractivity contribution >= 4 is 41.1 Å². The Morgan fingerprint density at radius 2 is 1.69 bits per heavy atom. The molecule has 0 aromatic heterocycles. The van der Waals surface area contributed by atoms with Crippen LogP contribution in [-0.2, 0) is 28.6 Å². The molecule has 0 aromatic carbocycles. The Morgan fingerprint density at radius 1 is 1.12 bits per heavy atom. The molecule has 0 radical (unpaired) electrons. The lowest BCUT2D eigenvalue weighted by Crippen LogP contribution is -2.34. The van der Waals surface area contributed by atoms with Gasteiger partial charge in [-0.25, -0.2) is 4.79 Å². The Balaban J connectivity index is 4.26. The summed E-state index contributed by atoms with van der Waals surface area (Å²) in [5.41, 5.74) is 0. The molecular weight excluding hydrogens is 263 g/mol. The maximum Gasteiger partial charge on any atom is 0.350 e. The highest BCUT2D eigenvalue weighted by molar-refractivity contribution is 6.26. The summed E-state index contributed by atoms with van der Waals surface area (Å²) in [4.78, 5) is 32.6. The van der Waals surface area contributed by atoms with Gasteiger partial charge in [0.2, 0.25) is 6.10 Å². The van der Waals surface area contributed by atoms with Crippen LogP contribution in [0.2, 0.25) is 0 Å². The van der Waals surface area contributed by atoms with Crippen molar-refractivity contribution in [3.63, 3.8) is 0 Å². The van der Waals surface area contributed by atoms with Gasteiger partial charge < -0.3 is 14.2 Å². The largest absolute Gasteiger partial charge is 0.466 e. The zero-order chi connectivity index (χ0) is 12.6. The second kappa shape index (κ2) is 8.18. The molecular formula is C8H10Cl2O6. The SMILES string of the molecule is COC(=O)[C@@H](COC(=O)CCl)OC(=O)CCl. The molecule has 0 spiro atoms. The van der Waals surface area contributed by atoms with E-state index in [2.05, 4.69) is 14.2 Å². The van der Waals surface area contributed by atoms with E-state index < -0.39 is 36.5 Å². The standard InChI is InChI=1S/C8H10Cl2O6/c1-14-8(13)5(16-7(12)3-10)4-15-6(11)2-9/h5H,2-4H2,1H3/t5-/m1/s1. The lowest BCUT2D eigenvalue weighted by molar-refractivity contribution is -0.170. The van der Waals surface area contributed by atoms with Crippen LogP contribution in [-0.4, -0.2) is 49.5 Å². The number of carbonyl (C=O) groups excluding carboxylic acids is 3. The van der Waals surface area contributed by atoms with E-state index in [1.54, 1.807) is 0 Å². The topological polar surface area (TPSA) is 78.9 Å². The zero-order valence-electron chi connectivity index (χ0n) is 8.40. The fraction of sp³-hybridized carbons (Fsp3) is 0.625. The van der Waals surface area contributed by atoms with Crippen LogP contribution in [0.5, 0.6) is 0 Å². The Bertz CT molecular complexity index is 267. The van der Waals surface area contributed by atoms with E-state index in [1.165, 1.54) is 0 Å². The van der Waals surface area contributed by atoms with Crippen LogP contribution in [0.15, 0.2) is 0 Å². The molecule has 0 bridgehead atoms. The summed E-state index contributed by atoms with van der Waals surface area (Å²) in [6.07, 6.45) is -1.33. The third-order valence-electron chi connectivity index (χ3n) is 1.35. The van der Waals surface area contributed by atoms with Crippen LogP contribution in [0.4, 0.5) is 0 Å². The van der Waals surface area contributed by atoms with Gasteiger partial charge in [0, 0.05) is 0 Å². The van der Waals surface area contributed by atoms with Gasteiger partial charge >= 0.3 is 17.9 Å². The van der Waals surface area contributed by atoms with Crippen molar-refractivity contribution < 1.29 is 28.6 Å². The van der Waals surface area contributed by atoms with Gasteiger partial charge in [-0.1, -0.05) is 0 Å². The van der Waals surface area contributed by atoms with Crippen molar-refractivity contribution in [1.29, 1.82) is 0 Å². The van der Waals surface area contributed by atoms with E-state index in [0.29, 0.717) is 0 Å². The molecule has 0 rings (SSSR count). The molecule has 8 heteroatoms. The molecule has 16 heavy (non-hydrogen) atoms. The third-order valence-corrected chi connectivity index (χ3v) is 1.79. The van der Waals surface area contributed by atoms with Gasteiger partial charge in [-0.05, 0) is 0 Å². The van der Waals surface area contributed by atoms with Crippen LogP contribution < -0.4 is 0 Å². The summed E-state index contributed by atoms with van der Waals surface area (Å²) in [7, 11) is 1.10. The van der Waals surface area contributed by atoms with Crippen molar-refractivity contribution in [2.24, 2.45) is 0 Å². The minimum Gasteiger partial charge on any atom is -0.466 e. The van der Waals surface area contributed by atoms with Crippen molar-refractivity contribution in [3.05, 3.63) is 0 Å². The van der Waals surface area contributed by atoms with Gasteiger partial charge in [0.05, 0.1) is 7.11 Å². The molecule has 0 aromatic rings. The fourth-order valence-corrected chi connectivity index (χ4v) is 0.819. The molecule has 6 nitrogen and oxygen atoms in total. The number of hydrogen-bond acceptors (Lipinski definition) is 6. The first-order valence-corrected chi connectivity index (χ1v) is 5.16. The fourth-order valence-electron chi connectivity index (χ4n) is 0.679. The van der Waals surface area contributed by atoms with Crippen LogP contribution in [0.25, 0.3) is 0 Å². The Hall–Kier alpha value is -1.01. The van der Waals surface area contributed by atoms with Crippen LogP contribution in [0.1, 0.15) is 0 Å². The third kappa shape index (κ3) is 5.77. The molecule has 0 saturated carbocycles. The number of methoxy groups -OCH3 is 1. The smallest absolute Gasteiger partial charge is 0.350 e. The van der Waals surface area contributed by atoms with Gasteiger partial charge in [-0.15, -0.1) is 23.2 Å². The Labute approximate surface area is 102 Å². The number of alkyl halides is 2. The van der Waals surface area contributed by atoms with E-state index in [1.807, 2.05) is 0 Å². The summed E-state index contributed by atoms with van der Waals surface area (Å²) in [5.74, 6) is -3.19. The van der Waals surface area contributed by atoms with E-state index in [9.17, 15) is 14.4 Å². The molecule has 0 saturated heterocycles. The molecule has 0 aliphatic rings. The lowest BCUT2D eigenvalue weighted by atomic mass is 10.4. The number of halogens is 2. The number of rotatable bonds is 6. The summed E-state index contributed by atoms with van der Waals surface area (Å²) in [6, 6.07) is 0. The number of carbonyl (C=O) groups is 3. The molecule has 0 heterocycles. The quantitative estimate of drug-likeness (QED) is 0.388. The van der Waals surface area contributed by atoms with Crippen LogP contribution >= 0.6 is 23.2 Å². The van der Waals surface area contributed by atoms with Gasteiger partial charge in [0.15, 0.2) is 0 Å². The minimum absolute atomic E-state index is 0.364. The molecule has 0 aliphatic heterocycles. The predicted octanol–water partition coefficient (Wildman–Crippen LogP) is 0.0920. The van der Waals surface area contributed by atoms with E-state index in [0.717, 1.165) is 7.11 Å². The average molecular weight is 273 g/mol. The van der Waals surface area contributed by atoms with Crippen molar-refractivity contribution in [2.75, 3.05) is 25.5 Å². The summed E-state index contributed by atoms with van der Waals surface area (Å²) in [6.45, 7) is -0.457. The molecule has 0 fully saturated rings. The predicted molar refractivity (Wildman–Crippen MR) is 54.3 cm³/mol. The minimum atomic E-state index is -1.33. The van der Waals surface area contributed by atoms with E-state index >= 15 is 0 Å². The molecule has 0 unspecified atom stereocenters. The summed E-state index contributed by atoms with van der Waals surface area (Å²) < 4.78 is 13.5. The van der Waals surface area contributed by atoms with Gasteiger partial charge in [0.1, 0.15) is 18.4 Å². The second-order valence-corrected chi connectivity index (χ2v) is 2.99. The average Bonchev–Trinajstić information content (AvgIpc) is 2.32.